The van der Waals surface area contributed by atoms with E-state index in [0.717, 1.165) is 10.0 Å². The molecule has 3 nitrogen and oxygen atoms in total. The number of hydrogen-bond acceptors (Lipinski definition) is 2. The number of carbonyl (C=O) groups is 1. The summed E-state index contributed by atoms with van der Waals surface area (Å²) in [5, 5.41) is 3.01. The lowest BCUT2D eigenvalue weighted by Crippen LogP contribution is -2.48. The Morgan fingerprint density at radius 2 is 2.06 bits per heavy atom. The maximum Gasteiger partial charge on any atom is 0.251 e. The standard InChI is InChI=1S/C14H21BrN2O/c1-9-5-6-10(15)7-11(9)13(18)17-12(8-16)14(2,3)4/h5-7,12H,8,16H2,1-4H3,(H,17,18). The molecule has 18 heavy (non-hydrogen) atoms. The highest BCUT2D eigenvalue weighted by molar-refractivity contribution is 9.10. The van der Waals surface area contributed by atoms with Gasteiger partial charge in [-0.2, -0.15) is 0 Å². The van der Waals surface area contributed by atoms with Crippen LogP contribution in [0.25, 0.3) is 0 Å². The zero-order valence-electron chi connectivity index (χ0n) is 11.4. The van der Waals surface area contributed by atoms with Crippen LogP contribution in [-0.2, 0) is 0 Å². The van der Waals surface area contributed by atoms with E-state index >= 15 is 0 Å². The Labute approximate surface area is 117 Å². The predicted octanol–water partition coefficient (Wildman–Crippen LogP) is 2.86. The third-order valence-corrected chi connectivity index (χ3v) is 3.52. The number of carbonyl (C=O) groups excluding carboxylic acids is 1. The average Bonchev–Trinajstić information content (AvgIpc) is 2.27. The first-order chi connectivity index (χ1) is 8.25. The van der Waals surface area contributed by atoms with Gasteiger partial charge in [-0.25, -0.2) is 0 Å². The van der Waals surface area contributed by atoms with Crippen LogP contribution < -0.4 is 11.1 Å². The van der Waals surface area contributed by atoms with Crippen LogP contribution in [0, 0.1) is 12.3 Å². The minimum absolute atomic E-state index is 0.0385. The molecule has 3 N–H and O–H groups in total. The van der Waals surface area contributed by atoms with Crippen LogP contribution in [0.3, 0.4) is 0 Å². The first-order valence-corrected chi connectivity index (χ1v) is 6.82. The Morgan fingerprint density at radius 3 is 2.56 bits per heavy atom. The second kappa shape index (κ2) is 5.85. The van der Waals surface area contributed by atoms with Crippen molar-refractivity contribution in [3.63, 3.8) is 0 Å². The lowest BCUT2D eigenvalue weighted by molar-refractivity contribution is 0.0905. The van der Waals surface area contributed by atoms with Crippen LogP contribution in [0.4, 0.5) is 0 Å². The van der Waals surface area contributed by atoms with Gasteiger partial charge in [-0.05, 0) is 30.0 Å². The van der Waals surface area contributed by atoms with E-state index in [9.17, 15) is 4.79 Å². The van der Waals surface area contributed by atoms with E-state index in [1.165, 1.54) is 0 Å². The summed E-state index contributed by atoms with van der Waals surface area (Å²) in [6.07, 6.45) is 0. The zero-order chi connectivity index (χ0) is 13.9. The molecule has 4 heteroatoms. The molecule has 0 spiro atoms. The third-order valence-electron chi connectivity index (χ3n) is 3.03. The fourth-order valence-electron chi connectivity index (χ4n) is 1.70. The summed E-state index contributed by atoms with van der Waals surface area (Å²) < 4.78 is 0.901. The number of nitrogens with one attached hydrogen (secondary N) is 1. The van der Waals surface area contributed by atoms with Crippen molar-refractivity contribution in [2.24, 2.45) is 11.1 Å². The molecule has 1 aromatic rings. The van der Waals surface area contributed by atoms with E-state index in [1.807, 2.05) is 25.1 Å². The molecule has 1 unspecified atom stereocenters. The van der Waals surface area contributed by atoms with Crippen LogP contribution in [-0.4, -0.2) is 18.5 Å². The van der Waals surface area contributed by atoms with Gasteiger partial charge in [-0.15, -0.1) is 0 Å². The second-order valence-electron chi connectivity index (χ2n) is 5.59. The lowest BCUT2D eigenvalue weighted by Gasteiger charge is -2.30. The molecule has 0 aliphatic carbocycles. The monoisotopic (exact) mass is 312 g/mol. The molecule has 0 saturated carbocycles. The van der Waals surface area contributed by atoms with Gasteiger partial charge in [0.25, 0.3) is 5.91 Å². The number of halogens is 1. The van der Waals surface area contributed by atoms with Crippen LogP contribution >= 0.6 is 15.9 Å². The maximum atomic E-state index is 12.2. The van der Waals surface area contributed by atoms with E-state index in [1.54, 1.807) is 0 Å². The highest BCUT2D eigenvalue weighted by Gasteiger charge is 2.25. The SMILES string of the molecule is Cc1ccc(Br)cc1C(=O)NC(CN)C(C)(C)C. The predicted molar refractivity (Wildman–Crippen MR) is 78.6 cm³/mol. The molecule has 1 rings (SSSR count). The third kappa shape index (κ3) is 3.82. The highest BCUT2D eigenvalue weighted by atomic mass is 79.9. The van der Waals surface area contributed by atoms with Gasteiger partial charge < -0.3 is 11.1 Å². The number of hydrogen-bond donors (Lipinski definition) is 2. The van der Waals surface area contributed by atoms with E-state index in [4.69, 9.17) is 5.73 Å². The summed E-state index contributed by atoms with van der Waals surface area (Å²) in [6.45, 7) is 8.56. The summed E-state index contributed by atoms with van der Waals surface area (Å²) >= 11 is 3.38. The highest BCUT2D eigenvalue weighted by Crippen LogP contribution is 2.20. The van der Waals surface area contributed by atoms with Crippen LogP contribution in [0.2, 0.25) is 0 Å². The largest absolute Gasteiger partial charge is 0.347 e. The Balaban J connectivity index is 2.91. The summed E-state index contributed by atoms with van der Waals surface area (Å²) in [5.41, 5.74) is 7.32. The topological polar surface area (TPSA) is 55.1 Å². The molecular formula is C14H21BrN2O. The molecule has 0 fully saturated rings. The number of benzene rings is 1. The molecule has 0 radical (unpaired) electrons. The number of amides is 1. The number of aryl methyl sites for hydroxylation is 1. The summed E-state index contributed by atoms with van der Waals surface area (Å²) in [5.74, 6) is -0.0702. The van der Waals surface area contributed by atoms with E-state index < -0.39 is 0 Å². The summed E-state index contributed by atoms with van der Waals surface area (Å²) in [7, 11) is 0. The quantitative estimate of drug-likeness (QED) is 0.901. The Kier molecular flexibility index (Phi) is 4.93. The van der Waals surface area contributed by atoms with Crippen molar-refractivity contribution in [3.8, 4) is 0 Å². The molecule has 1 atom stereocenters. The molecule has 1 amide bonds. The van der Waals surface area contributed by atoms with Gasteiger partial charge in [-0.1, -0.05) is 42.8 Å². The molecule has 100 valence electrons. The van der Waals surface area contributed by atoms with Crippen LogP contribution in [0.15, 0.2) is 22.7 Å². The average molecular weight is 313 g/mol. The fraction of sp³-hybridized carbons (Fsp3) is 0.500. The molecule has 0 saturated heterocycles. The molecule has 0 aliphatic rings. The molecule has 1 aromatic carbocycles. The zero-order valence-corrected chi connectivity index (χ0v) is 13.0. The van der Waals surface area contributed by atoms with Gasteiger partial charge in [0.2, 0.25) is 0 Å². The molecule has 0 heterocycles. The first kappa shape index (κ1) is 15.2. The molecular weight excluding hydrogens is 292 g/mol. The lowest BCUT2D eigenvalue weighted by atomic mass is 9.86. The van der Waals surface area contributed by atoms with Crippen molar-refractivity contribution in [3.05, 3.63) is 33.8 Å². The van der Waals surface area contributed by atoms with Gasteiger partial charge in [0.15, 0.2) is 0 Å². The van der Waals surface area contributed by atoms with Gasteiger partial charge >= 0.3 is 0 Å². The Morgan fingerprint density at radius 1 is 1.44 bits per heavy atom. The summed E-state index contributed by atoms with van der Waals surface area (Å²) in [4.78, 5) is 12.2. The van der Waals surface area contributed by atoms with Crippen LogP contribution in [0.5, 0.6) is 0 Å². The smallest absolute Gasteiger partial charge is 0.251 e. The van der Waals surface area contributed by atoms with Gasteiger partial charge in [0.1, 0.15) is 0 Å². The molecule has 0 aromatic heterocycles. The van der Waals surface area contributed by atoms with Crippen molar-refractivity contribution in [1.82, 2.24) is 5.32 Å². The normalized spacial score (nSPS) is 13.2. The van der Waals surface area contributed by atoms with Gasteiger partial charge in [-0.3, -0.25) is 4.79 Å². The van der Waals surface area contributed by atoms with Crippen molar-refractivity contribution >= 4 is 21.8 Å². The second-order valence-corrected chi connectivity index (χ2v) is 6.50. The van der Waals surface area contributed by atoms with Crippen molar-refractivity contribution in [2.45, 2.75) is 33.7 Å². The van der Waals surface area contributed by atoms with Crippen molar-refractivity contribution in [1.29, 1.82) is 0 Å². The van der Waals surface area contributed by atoms with E-state index in [0.29, 0.717) is 12.1 Å². The number of rotatable bonds is 3. The maximum absolute atomic E-state index is 12.2. The minimum Gasteiger partial charge on any atom is -0.347 e. The summed E-state index contributed by atoms with van der Waals surface area (Å²) in [6, 6.07) is 5.65. The first-order valence-electron chi connectivity index (χ1n) is 6.02. The van der Waals surface area contributed by atoms with Gasteiger partial charge in [0, 0.05) is 22.6 Å². The van der Waals surface area contributed by atoms with E-state index in [2.05, 4.69) is 42.0 Å². The van der Waals surface area contributed by atoms with Crippen LogP contribution in [0.1, 0.15) is 36.7 Å². The molecule has 0 aliphatic heterocycles. The van der Waals surface area contributed by atoms with E-state index in [-0.39, 0.29) is 17.4 Å². The Bertz CT molecular complexity index is 438. The van der Waals surface area contributed by atoms with Crippen molar-refractivity contribution in [2.75, 3.05) is 6.54 Å². The van der Waals surface area contributed by atoms with Crippen molar-refractivity contribution < 1.29 is 4.79 Å². The fourth-order valence-corrected chi connectivity index (χ4v) is 2.06. The Hall–Kier alpha value is -0.870. The molecule has 0 bridgehead atoms. The van der Waals surface area contributed by atoms with Gasteiger partial charge in [0.05, 0.1) is 0 Å². The minimum atomic E-state index is -0.0702. The number of nitrogens with two attached hydrogens (primary N) is 1.